The molecule has 0 saturated carbocycles. The van der Waals surface area contributed by atoms with Crippen LogP contribution in [0.4, 0.5) is 4.79 Å². The SMILES string of the molecule is CC(CCC(=O)NC=O)n1c(=O)n(C)c2c(CCCCCCCCCCCNC(=O)OC(C)(C)C)cccc21. The topological polar surface area (TPSA) is 111 Å². The van der Waals surface area contributed by atoms with Gasteiger partial charge in [0.05, 0.1) is 11.0 Å². The van der Waals surface area contributed by atoms with Gasteiger partial charge in [-0.25, -0.2) is 9.59 Å². The van der Waals surface area contributed by atoms with Gasteiger partial charge in [-0.05, 0) is 65.0 Å². The summed E-state index contributed by atoms with van der Waals surface area (Å²) in [6.07, 6.45) is 12.0. The molecular formula is C30H48N4O5. The molecule has 0 fully saturated rings. The van der Waals surface area contributed by atoms with Crippen LogP contribution in [0.25, 0.3) is 11.0 Å². The van der Waals surface area contributed by atoms with Crippen molar-refractivity contribution in [2.45, 2.75) is 116 Å². The number of nitrogens with zero attached hydrogens (tertiary/aromatic N) is 2. The van der Waals surface area contributed by atoms with Gasteiger partial charge in [0.25, 0.3) is 0 Å². The second-order valence-corrected chi connectivity index (χ2v) is 11.4. The van der Waals surface area contributed by atoms with Crippen molar-refractivity contribution in [3.05, 3.63) is 34.2 Å². The van der Waals surface area contributed by atoms with E-state index in [0.29, 0.717) is 19.4 Å². The molecule has 3 amide bonds. The molecule has 1 aromatic carbocycles. The first kappa shape index (κ1) is 32.1. The second kappa shape index (κ2) is 16.1. The van der Waals surface area contributed by atoms with Gasteiger partial charge in [0, 0.05) is 26.1 Å². The van der Waals surface area contributed by atoms with Gasteiger partial charge in [-0.3, -0.25) is 24.0 Å². The number of carbonyl (C=O) groups excluding carboxylic acids is 3. The van der Waals surface area contributed by atoms with E-state index in [1.54, 1.807) is 9.13 Å². The highest BCUT2D eigenvalue weighted by atomic mass is 16.6. The van der Waals surface area contributed by atoms with Crippen molar-refractivity contribution in [3.8, 4) is 0 Å². The minimum atomic E-state index is -0.457. The maximum Gasteiger partial charge on any atom is 0.407 e. The summed E-state index contributed by atoms with van der Waals surface area (Å²) in [6.45, 7) is 8.18. The normalized spacial score (nSPS) is 12.3. The number of para-hydroxylation sites is 1. The van der Waals surface area contributed by atoms with Crippen molar-refractivity contribution in [1.29, 1.82) is 0 Å². The van der Waals surface area contributed by atoms with Gasteiger partial charge in [-0.15, -0.1) is 0 Å². The molecule has 1 atom stereocenters. The molecule has 0 aliphatic carbocycles. The average Bonchev–Trinajstić information content (AvgIpc) is 3.12. The Labute approximate surface area is 232 Å². The smallest absolute Gasteiger partial charge is 0.407 e. The van der Waals surface area contributed by atoms with E-state index < -0.39 is 5.60 Å². The predicted octanol–water partition coefficient (Wildman–Crippen LogP) is 5.53. The molecule has 39 heavy (non-hydrogen) atoms. The highest BCUT2D eigenvalue weighted by Crippen LogP contribution is 2.24. The summed E-state index contributed by atoms with van der Waals surface area (Å²) in [5.41, 5.74) is 2.50. The number of hydrogen-bond donors (Lipinski definition) is 2. The summed E-state index contributed by atoms with van der Waals surface area (Å²) in [6, 6.07) is 5.92. The monoisotopic (exact) mass is 544 g/mol. The molecule has 218 valence electrons. The zero-order valence-electron chi connectivity index (χ0n) is 24.5. The van der Waals surface area contributed by atoms with E-state index in [4.69, 9.17) is 4.74 Å². The number of imide groups is 1. The maximum absolute atomic E-state index is 13.0. The van der Waals surface area contributed by atoms with E-state index in [0.717, 1.165) is 43.1 Å². The molecule has 0 radical (unpaired) electrons. The van der Waals surface area contributed by atoms with Crippen molar-refractivity contribution in [2.24, 2.45) is 7.05 Å². The molecule has 2 aromatic rings. The van der Waals surface area contributed by atoms with Gasteiger partial charge < -0.3 is 10.1 Å². The summed E-state index contributed by atoms with van der Waals surface area (Å²) >= 11 is 0. The number of fused-ring (bicyclic) bond motifs is 1. The Morgan fingerprint density at radius 1 is 1.00 bits per heavy atom. The Kier molecular flexibility index (Phi) is 13.3. The van der Waals surface area contributed by atoms with Crippen molar-refractivity contribution in [1.82, 2.24) is 19.8 Å². The minimum absolute atomic E-state index is 0.0821. The van der Waals surface area contributed by atoms with E-state index in [9.17, 15) is 19.2 Å². The lowest BCUT2D eigenvalue weighted by Gasteiger charge is -2.19. The number of rotatable bonds is 17. The zero-order valence-corrected chi connectivity index (χ0v) is 24.5. The highest BCUT2D eigenvalue weighted by molar-refractivity contribution is 5.85. The summed E-state index contributed by atoms with van der Waals surface area (Å²) in [5.74, 6) is -0.335. The Hall–Kier alpha value is -3.10. The number of nitrogens with one attached hydrogen (secondary N) is 2. The average molecular weight is 545 g/mol. The number of alkyl carbamates (subject to hydrolysis) is 1. The number of unbranched alkanes of at least 4 members (excludes halogenated alkanes) is 8. The van der Waals surface area contributed by atoms with Crippen LogP contribution in [0.5, 0.6) is 0 Å². The third-order valence-corrected chi connectivity index (χ3v) is 6.93. The fourth-order valence-electron chi connectivity index (χ4n) is 4.94. The first-order chi connectivity index (χ1) is 18.5. The highest BCUT2D eigenvalue weighted by Gasteiger charge is 2.19. The molecule has 1 unspecified atom stereocenters. The fraction of sp³-hybridized carbons (Fsp3) is 0.667. The number of benzene rings is 1. The van der Waals surface area contributed by atoms with E-state index in [-0.39, 0.29) is 30.2 Å². The quantitative estimate of drug-likeness (QED) is 0.201. The summed E-state index contributed by atoms with van der Waals surface area (Å²) in [7, 11) is 1.81. The van der Waals surface area contributed by atoms with Crippen molar-refractivity contribution < 1.29 is 19.1 Å². The number of aromatic nitrogens is 2. The molecule has 1 aromatic heterocycles. The summed E-state index contributed by atoms with van der Waals surface area (Å²) in [5, 5.41) is 4.96. The Morgan fingerprint density at radius 2 is 1.62 bits per heavy atom. The zero-order chi connectivity index (χ0) is 28.8. The molecule has 9 nitrogen and oxygen atoms in total. The minimum Gasteiger partial charge on any atom is -0.444 e. The molecular weight excluding hydrogens is 496 g/mol. The lowest BCUT2D eigenvalue weighted by Crippen LogP contribution is -2.32. The van der Waals surface area contributed by atoms with Crippen molar-refractivity contribution in [2.75, 3.05) is 6.54 Å². The van der Waals surface area contributed by atoms with Crippen LogP contribution in [0.15, 0.2) is 23.0 Å². The Balaban J connectivity index is 1.69. The number of ether oxygens (including phenoxy) is 1. The van der Waals surface area contributed by atoms with Crippen LogP contribution in [0.3, 0.4) is 0 Å². The van der Waals surface area contributed by atoms with E-state index in [1.165, 1.54) is 37.7 Å². The predicted molar refractivity (Wildman–Crippen MR) is 155 cm³/mol. The molecule has 2 rings (SSSR count). The number of amides is 3. The molecule has 0 bridgehead atoms. The molecule has 9 heteroatoms. The van der Waals surface area contributed by atoms with Gasteiger partial charge in [0.2, 0.25) is 12.3 Å². The van der Waals surface area contributed by atoms with Crippen LogP contribution in [-0.4, -0.2) is 39.7 Å². The van der Waals surface area contributed by atoms with Crippen LogP contribution in [-0.2, 0) is 27.8 Å². The number of hydrogen-bond acceptors (Lipinski definition) is 5. The van der Waals surface area contributed by atoms with Crippen LogP contribution in [0, 0.1) is 0 Å². The maximum atomic E-state index is 13.0. The first-order valence-corrected chi connectivity index (χ1v) is 14.4. The second-order valence-electron chi connectivity index (χ2n) is 11.4. The fourth-order valence-corrected chi connectivity index (χ4v) is 4.94. The lowest BCUT2D eigenvalue weighted by molar-refractivity contribution is -0.125. The van der Waals surface area contributed by atoms with E-state index >= 15 is 0 Å². The number of carbonyl (C=O) groups is 3. The Bertz CT molecular complexity index is 1130. The molecule has 0 saturated heterocycles. The first-order valence-electron chi connectivity index (χ1n) is 14.4. The van der Waals surface area contributed by atoms with Gasteiger partial charge in [-0.2, -0.15) is 0 Å². The largest absolute Gasteiger partial charge is 0.444 e. The number of imidazole rings is 1. The van der Waals surface area contributed by atoms with Crippen LogP contribution in [0.2, 0.25) is 0 Å². The van der Waals surface area contributed by atoms with Gasteiger partial charge >= 0.3 is 11.8 Å². The van der Waals surface area contributed by atoms with Gasteiger partial charge in [-0.1, -0.05) is 57.1 Å². The van der Waals surface area contributed by atoms with Gasteiger partial charge in [0.15, 0.2) is 0 Å². The van der Waals surface area contributed by atoms with Crippen LogP contribution >= 0.6 is 0 Å². The molecule has 0 aliphatic rings. The molecule has 0 spiro atoms. The standard InChI is InChI=1S/C30H48N4O5/c1-23(19-20-26(36)32-22-35)34-25-18-15-17-24(27(25)33(5)29(34)38)16-13-11-9-7-6-8-10-12-14-21-31-28(37)39-30(2,3)4/h15,17-18,22-23H,6-14,16,19-21H2,1-5H3,(H,31,37)(H,32,35,36). The van der Waals surface area contributed by atoms with Crippen LogP contribution < -0.4 is 16.3 Å². The molecule has 1 heterocycles. The number of aryl methyl sites for hydroxylation is 2. The molecule has 0 aliphatic heterocycles. The third kappa shape index (κ3) is 10.9. The van der Waals surface area contributed by atoms with Gasteiger partial charge in [0.1, 0.15) is 5.60 Å². The lowest BCUT2D eigenvalue weighted by atomic mass is 10.0. The van der Waals surface area contributed by atoms with Crippen molar-refractivity contribution >= 4 is 29.4 Å². The molecule has 2 N–H and O–H groups in total. The Morgan fingerprint density at radius 3 is 2.23 bits per heavy atom. The summed E-state index contributed by atoms with van der Waals surface area (Å²) < 4.78 is 8.72. The van der Waals surface area contributed by atoms with Crippen molar-refractivity contribution in [3.63, 3.8) is 0 Å². The third-order valence-electron chi connectivity index (χ3n) is 6.93. The van der Waals surface area contributed by atoms with Crippen LogP contribution in [0.1, 0.15) is 110 Å². The summed E-state index contributed by atoms with van der Waals surface area (Å²) in [4.78, 5) is 46.8. The van der Waals surface area contributed by atoms with E-state index in [2.05, 4.69) is 16.7 Å². The van der Waals surface area contributed by atoms with E-state index in [1.807, 2.05) is 46.9 Å².